The molecule has 8 nitrogen and oxygen atoms in total. The summed E-state index contributed by atoms with van der Waals surface area (Å²) >= 11 is 0. The summed E-state index contributed by atoms with van der Waals surface area (Å²) in [6.45, 7) is 6.81. The van der Waals surface area contributed by atoms with Gasteiger partial charge in [-0.1, -0.05) is 11.2 Å². The smallest absolute Gasteiger partial charge is 0.255 e. The van der Waals surface area contributed by atoms with Gasteiger partial charge in [0.2, 0.25) is 5.91 Å². The van der Waals surface area contributed by atoms with Gasteiger partial charge in [0.15, 0.2) is 0 Å². The zero-order chi connectivity index (χ0) is 20.5. The molecule has 1 atom stereocenters. The number of nitrogens with one attached hydrogen (secondary N) is 1. The van der Waals surface area contributed by atoms with Crippen molar-refractivity contribution < 1.29 is 14.1 Å². The van der Waals surface area contributed by atoms with Gasteiger partial charge in [0.1, 0.15) is 5.76 Å². The zero-order valence-electron chi connectivity index (χ0n) is 16.9. The van der Waals surface area contributed by atoms with Crippen molar-refractivity contribution in [1.29, 1.82) is 0 Å². The van der Waals surface area contributed by atoms with E-state index < -0.39 is 0 Å². The van der Waals surface area contributed by atoms with Crippen molar-refractivity contribution in [1.82, 2.24) is 25.0 Å². The minimum absolute atomic E-state index is 0.0542. The van der Waals surface area contributed by atoms with Gasteiger partial charge < -0.3 is 14.7 Å². The average Bonchev–Trinajstić information content (AvgIpc) is 3.20. The lowest BCUT2D eigenvalue weighted by atomic mass is 10.1. The molecule has 0 bridgehead atoms. The van der Waals surface area contributed by atoms with Gasteiger partial charge in [0, 0.05) is 30.8 Å². The lowest BCUT2D eigenvalue weighted by Gasteiger charge is -2.21. The summed E-state index contributed by atoms with van der Waals surface area (Å²) in [5.41, 5.74) is 4.18. The van der Waals surface area contributed by atoms with Gasteiger partial charge in [0.25, 0.3) is 5.91 Å². The van der Waals surface area contributed by atoms with E-state index >= 15 is 0 Å². The number of carbonyl (C=O) groups excluding carboxylic acids is 2. The maximum Gasteiger partial charge on any atom is 0.255 e. The standard InChI is InChI=1S/C21H25N5O3/c1-13-4-6-19-17(10-22-26(19)11-13)21(28)23-16-5-7-20(27)25(9-8-16)12-18-14(2)24-29-15(18)3/h4,6,10-11,16H,5,7-9,12H2,1-3H3,(H,23,28). The third kappa shape index (κ3) is 3.87. The minimum atomic E-state index is -0.152. The summed E-state index contributed by atoms with van der Waals surface area (Å²) < 4.78 is 6.92. The number of hydrogen-bond acceptors (Lipinski definition) is 5. The minimum Gasteiger partial charge on any atom is -0.361 e. The Morgan fingerprint density at radius 2 is 2.10 bits per heavy atom. The predicted octanol–water partition coefficient (Wildman–Crippen LogP) is 2.56. The van der Waals surface area contributed by atoms with Gasteiger partial charge in [-0.05, 0) is 45.2 Å². The summed E-state index contributed by atoms with van der Waals surface area (Å²) in [4.78, 5) is 27.2. The lowest BCUT2D eigenvalue weighted by Crippen LogP contribution is -2.36. The van der Waals surface area contributed by atoms with E-state index in [9.17, 15) is 9.59 Å². The number of carbonyl (C=O) groups is 2. The SMILES string of the molecule is Cc1ccc2c(C(=O)NC3CCC(=O)N(Cc4c(C)noc4C)CC3)cnn2c1. The van der Waals surface area contributed by atoms with E-state index in [-0.39, 0.29) is 17.9 Å². The van der Waals surface area contributed by atoms with Gasteiger partial charge in [0.05, 0.1) is 29.5 Å². The number of nitrogens with zero attached hydrogens (tertiary/aromatic N) is 4. The molecule has 0 spiro atoms. The fourth-order valence-electron chi connectivity index (χ4n) is 3.79. The zero-order valence-corrected chi connectivity index (χ0v) is 16.9. The molecule has 1 fully saturated rings. The molecule has 0 radical (unpaired) electrons. The molecule has 0 aliphatic carbocycles. The summed E-state index contributed by atoms with van der Waals surface area (Å²) in [6.07, 6.45) is 5.22. The molecular formula is C21H25N5O3. The quantitative estimate of drug-likeness (QED) is 0.733. The molecule has 152 valence electrons. The van der Waals surface area contributed by atoms with Crippen LogP contribution in [0.5, 0.6) is 0 Å². The fourth-order valence-corrected chi connectivity index (χ4v) is 3.79. The lowest BCUT2D eigenvalue weighted by molar-refractivity contribution is -0.131. The number of rotatable bonds is 4. The summed E-state index contributed by atoms with van der Waals surface area (Å²) in [6, 6.07) is 3.81. The van der Waals surface area contributed by atoms with Crippen molar-refractivity contribution in [2.75, 3.05) is 6.54 Å². The van der Waals surface area contributed by atoms with E-state index in [2.05, 4.69) is 15.6 Å². The highest BCUT2D eigenvalue weighted by Crippen LogP contribution is 2.20. The molecule has 0 saturated carbocycles. The van der Waals surface area contributed by atoms with Gasteiger partial charge in [-0.15, -0.1) is 0 Å². The first kappa shape index (κ1) is 19.2. The van der Waals surface area contributed by atoms with Crippen molar-refractivity contribution in [2.45, 2.75) is 52.6 Å². The summed E-state index contributed by atoms with van der Waals surface area (Å²) in [5, 5.41) is 11.3. The third-order valence-electron chi connectivity index (χ3n) is 5.58. The maximum atomic E-state index is 12.8. The third-order valence-corrected chi connectivity index (χ3v) is 5.58. The summed E-state index contributed by atoms with van der Waals surface area (Å²) in [5.74, 6) is 0.682. The largest absolute Gasteiger partial charge is 0.361 e. The monoisotopic (exact) mass is 395 g/mol. The van der Waals surface area contributed by atoms with Gasteiger partial charge in [-0.25, -0.2) is 4.52 Å². The van der Waals surface area contributed by atoms with Crippen molar-refractivity contribution in [2.24, 2.45) is 0 Å². The van der Waals surface area contributed by atoms with Crippen LogP contribution in [0, 0.1) is 20.8 Å². The van der Waals surface area contributed by atoms with Crippen molar-refractivity contribution >= 4 is 17.3 Å². The molecule has 0 aromatic carbocycles. The van der Waals surface area contributed by atoms with Crippen LogP contribution in [0.15, 0.2) is 29.0 Å². The molecule has 4 heterocycles. The Hall–Kier alpha value is -3.16. The molecule has 1 N–H and O–H groups in total. The summed E-state index contributed by atoms with van der Waals surface area (Å²) in [7, 11) is 0. The number of pyridine rings is 1. The van der Waals surface area contributed by atoms with Crippen LogP contribution in [0.25, 0.3) is 5.52 Å². The number of aryl methyl sites for hydroxylation is 3. The number of aromatic nitrogens is 3. The van der Waals surface area contributed by atoms with Crippen LogP contribution >= 0.6 is 0 Å². The van der Waals surface area contributed by atoms with E-state index in [1.807, 2.05) is 44.0 Å². The number of likely N-dealkylation sites (tertiary alicyclic amines) is 1. The van der Waals surface area contributed by atoms with Gasteiger partial charge >= 0.3 is 0 Å². The maximum absolute atomic E-state index is 12.8. The highest BCUT2D eigenvalue weighted by atomic mass is 16.5. The first-order valence-corrected chi connectivity index (χ1v) is 9.86. The highest BCUT2D eigenvalue weighted by molar-refractivity contribution is 6.00. The molecule has 1 aliphatic rings. The van der Waals surface area contributed by atoms with Crippen molar-refractivity contribution in [3.05, 3.63) is 52.7 Å². The van der Waals surface area contributed by atoms with Crippen LogP contribution in [-0.4, -0.2) is 44.1 Å². The molecule has 4 rings (SSSR count). The van der Waals surface area contributed by atoms with Crippen molar-refractivity contribution in [3.63, 3.8) is 0 Å². The normalized spacial score (nSPS) is 17.6. The Balaban J connectivity index is 1.42. The molecule has 3 aromatic heterocycles. The highest BCUT2D eigenvalue weighted by Gasteiger charge is 2.26. The van der Waals surface area contributed by atoms with Crippen LogP contribution in [0.1, 0.15) is 52.2 Å². The van der Waals surface area contributed by atoms with E-state index in [1.165, 1.54) is 0 Å². The molecule has 1 saturated heterocycles. The molecule has 8 heteroatoms. The topological polar surface area (TPSA) is 92.7 Å². The van der Waals surface area contributed by atoms with E-state index in [0.29, 0.717) is 37.9 Å². The predicted molar refractivity (Wildman–Crippen MR) is 106 cm³/mol. The molecule has 2 amide bonds. The van der Waals surface area contributed by atoms with Crippen LogP contribution in [0.4, 0.5) is 0 Å². The molecule has 3 aromatic rings. The second kappa shape index (κ2) is 7.69. The average molecular weight is 395 g/mol. The van der Waals surface area contributed by atoms with Crippen LogP contribution in [0.2, 0.25) is 0 Å². The Morgan fingerprint density at radius 3 is 2.86 bits per heavy atom. The first-order valence-electron chi connectivity index (χ1n) is 9.86. The molecule has 29 heavy (non-hydrogen) atoms. The number of hydrogen-bond donors (Lipinski definition) is 1. The Bertz CT molecular complexity index is 1050. The number of amides is 2. The van der Waals surface area contributed by atoms with Crippen LogP contribution in [-0.2, 0) is 11.3 Å². The van der Waals surface area contributed by atoms with Gasteiger partial charge in [-0.2, -0.15) is 5.10 Å². The van der Waals surface area contributed by atoms with Crippen molar-refractivity contribution in [3.8, 4) is 0 Å². The van der Waals surface area contributed by atoms with Crippen LogP contribution in [0.3, 0.4) is 0 Å². The van der Waals surface area contributed by atoms with E-state index in [1.54, 1.807) is 10.7 Å². The number of fused-ring (bicyclic) bond motifs is 1. The molecular weight excluding hydrogens is 370 g/mol. The second-order valence-corrected chi connectivity index (χ2v) is 7.71. The van der Waals surface area contributed by atoms with E-state index in [4.69, 9.17) is 4.52 Å². The Kier molecular flexibility index (Phi) is 5.08. The Morgan fingerprint density at radius 1 is 1.28 bits per heavy atom. The molecule has 1 aliphatic heterocycles. The van der Waals surface area contributed by atoms with Gasteiger partial charge in [-0.3, -0.25) is 9.59 Å². The first-order chi connectivity index (χ1) is 13.9. The van der Waals surface area contributed by atoms with E-state index in [0.717, 1.165) is 28.1 Å². The van der Waals surface area contributed by atoms with Crippen LogP contribution < -0.4 is 5.32 Å². The second-order valence-electron chi connectivity index (χ2n) is 7.71. The molecule has 1 unspecified atom stereocenters. The fraction of sp³-hybridized carbons (Fsp3) is 0.429. The Labute approximate surface area is 168 Å².